The minimum Gasteiger partial charge on any atom is -0.352 e. The third kappa shape index (κ3) is 4.18. The zero-order valence-corrected chi connectivity index (χ0v) is 15.9. The minimum absolute atomic E-state index is 0.00876. The number of carbonyl (C=O) groups is 1. The quantitative estimate of drug-likeness (QED) is 0.479. The van der Waals surface area contributed by atoms with Crippen molar-refractivity contribution in [2.45, 2.75) is 62.0 Å². The number of thioether (sulfide) groups is 1. The maximum Gasteiger partial charge on any atom is 0.262 e. The first-order valence-corrected chi connectivity index (χ1v) is 10.1. The van der Waals surface area contributed by atoms with E-state index >= 15 is 0 Å². The third-order valence-electron chi connectivity index (χ3n) is 4.74. The summed E-state index contributed by atoms with van der Waals surface area (Å²) < 4.78 is 1.59. The maximum atomic E-state index is 12.8. The molecule has 1 aromatic carbocycles. The molecule has 138 valence electrons. The lowest BCUT2D eigenvalue weighted by molar-refractivity contribution is -0.121. The summed E-state index contributed by atoms with van der Waals surface area (Å²) in [4.78, 5) is 30.0. The summed E-state index contributed by atoms with van der Waals surface area (Å²) in [6.45, 7) is 5.97. The van der Waals surface area contributed by atoms with Crippen LogP contribution in [0.5, 0.6) is 0 Å². The Labute approximate surface area is 157 Å². The van der Waals surface area contributed by atoms with E-state index in [0.717, 1.165) is 12.8 Å². The number of fused-ring (bicyclic) bond motifs is 1. The highest BCUT2D eigenvalue weighted by Crippen LogP contribution is 2.24. The molecule has 1 fully saturated rings. The molecule has 1 saturated carbocycles. The molecule has 0 spiro atoms. The Balaban J connectivity index is 1.82. The molecular formula is C20H25N3O2S. The van der Waals surface area contributed by atoms with Crippen molar-refractivity contribution < 1.29 is 4.79 Å². The molecule has 2 aromatic rings. The van der Waals surface area contributed by atoms with Crippen LogP contribution in [-0.2, 0) is 11.3 Å². The number of allylic oxidation sites excluding steroid dienone is 1. The van der Waals surface area contributed by atoms with Crippen LogP contribution in [0.4, 0.5) is 0 Å². The molecule has 26 heavy (non-hydrogen) atoms. The summed E-state index contributed by atoms with van der Waals surface area (Å²) in [5.41, 5.74) is 0.554. The lowest BCUT2D eigenvalue weighted by Crippen LogP contribution is -2.40. The van der Waals surface area contributed by atoms with Gasteiger partial charge in [0.2, 0.25) is 5.91 Å². The van der Waals surface area contributed by atoms with Gasteiger partial charge in [-0.2, -0.15) is 0 Å². The smallest absolute Gasteiger partial charge is 0.262 e. The third-order valence-corrected chi connectivity index (χ3v) is 5.83. The molecule has 1 aromatic heterocycles. The first-order chi connectivity index (χ1) is 12.6. The SMILES string of the molecule is C=CCn1c(SC(C)C(=O)NC2CCCCC2)nc2ccccc2c1=O. The maximum absolute atomic E-state index is 12.8. The number of nitrogens with one attached hydrogen (secondary N) is 1. The lowest BCUT2D eigenvalue weighted by atomic mass is 9.95. The van der Waals surface area contributed by atoms with Crippen molar-refractivity contribution in [2.24, 2.45) is 0 Å². The number of aromatic nitrogens is 2. The summed E-state index contributed by atoms with van der Waals surface area (Å²) in [7, 11) is 0. The molecule has 1 atom stereocenters. The molecule has 0 bridgehead atoms. The van der Waals surface area contributed by atoms with Crippen LogP contribution in [0.1, 0.15) is 39.0 Å². The van der Waals surface area contributed by atoms with Gasteiger partial charge in [0.25, 0.3) is 5.56 Å². The second-order valence-electron chi connectivity index (χ2n) is 6.72. The fourth-order valence-corrected chi connectivity index (χ4v) is 4.23. The highest BCUT2D eigenvalue weighted by Gasteiger charge is 2.22. The molecule has 0 saturated heterocycles. The van der Waals surface area contributed by atoms with Crippen LogP contribution in [0.3, 0.4) is 0 Å². The van der Waals surface area contributed by atoms with Gasteiger partial charge in [-0.25, -0.2) is 4.98 Å². The molecule has 1 aliphatic rings. The molecule has 1 N–H and O–H groups in total. The predicted molar refractivity (Wildman–Crippen MR) is 107 cm³/mol. The molecule has 3 rings (SSSR count). The van der Waals surface area contributed by atoms with Crippen LogP contribution in [0, 0.1) is 0 Å². The van der Waals surface area contributed by atoms with Gasteiger partial charge in [0.05, 0.1) is 16.2 Å². The average molecular weight is 372 g/mol. The van der Waals surface area contributed by atoms with Gasteiger partial charge in [0.15, 0.2) is 5.16 Å². The molecular weight excluding hydrogens is 346 g/mol. The largest absolute Gasteiger partial charge is 0.352 e. The average Bonchev–Trinajstić information content (AvgIpc) is 2.65. The van der Waals surface area contributed by atoms with Gasteiger partial charge in [0.1, 0.15) is 0 Å². The van der Waals surface area contributed by atoms with E-state index in [9.17, 15) is 9.59 Å². The molecule has 1 unspecified atom stereocenters. The highest BCUT2D eigenvalue weighted by atomic mass is 32.2. The number of benzene rings is 1. The van der Waals surface area contributed by atoms with Gasteiger partial charge < -0.3 is 5.32 Å². The second kappa shape index (κ2) is 8.54. The number of hydrogen-bond acceptors (Lipinski definition) is 4. The van der Waals surface area contributed by atoms with Crippen LogP contribution in [0.2, 0.25) is 0 Å². The lowest BCUT2D eigenvalue weighted by Gasteiger charge is -2.24. The molecule has 0 radical (unpaired) electrons. The van der Waals surface area contributed by atoms with Crippen molar-refractivity contribution in [2.75, 3.05) is 0 Å². The molecule has 1 heterocycles. The number of hydrogen-bond donors (Lipinski definition) is 1. The predicted octanol–water partition coefficient (Wildman–Crippen LogP) is 3.51. The van der Waals surface area contributed by atoms with Crippen molar-refractivity contribution >= 4 is 28.6 Å². The Kier molecular flexibility index (Phi) is 6.14. The van der Waals surface area contributed by atoms with Crippen LogP contribution < -0.4 is 10.9 Å². The zero-order valence-electron chi connectivity index (χ0n) is 15.1. The zero-order chi connectivity index (χ0) is 18.5. The van der Waals surface area contributed by atoms with Gasteiger partial charge in [-0.3, -0.25) is 14.2 Å². The van der Waals surface area contributed by atoms with E-state index in [2.05, 4.69) is 16.9 Å². The van der Waals surface area contributed by atoms with E-state index in [1.807, 2.05) is 25.1 Å². The van der Waals surface area contributed by atoms with Gasteiger partial charge in [-0.05, 0) is 31.9 Å². The Hall–Kier alpha value is -2.08. The molecule has 6 heteroatoms. The summed E-state index contributed by atoms with van der Waals surface area (Å²) in [5.74, 6) is 0.00876. The van der Waals surface area contributed by atoms with Crippen molar-refractivity contribution in [1.29, 1.82) is 0 Å². The van der Waals surface area contributed by atoms with E-state index < -0.39 is 0 Å². The van der Waals surface area contributed by atoms with Crippen LogP contribution in [0.25, 0.3) is 10.9 Å². The fourth-order valence-electron chi connectivity index (χ4n) is 3.30. The summed E-state index contributed by atoms with van der Waals surface area (Å²) in [6.07, 6.45) is 7.40. The van der Waals surface area contributed by atoms with Crippen LogP contribution >= 0.6 is 11.8 Å². The van der Waals surface area contributed by atoms with E-state index in [0.29, 0.717) is 22.6 Å². The monoisotopic (exact) mass is 371 g/mol. The normalized spacial score (nSPS) is 16.3. The number of carbonyl (C=O) groups excluding carboxylic acids is 1. The van der Waals surface area contributed by atoms with Gasteiger partial charge >= 0.3 is 0 Å². The first-order valence-electron chi connectivity index (χ1n) is 9.17. The van der Waals surface area contributed by atoms with Crippen molar-refractivity contribution in [1.82, 2.24) is 14.9 Å². The molecule has 1 aliphatic carbocycles. The molecule has 0 aliphatic heterocycles. The number of rotatable bonds is 6. The second-order valence-corrected chi connectivity index (χ2v) is 8.03. The van der Waals surface area contributed by atoms with E-state index in [-0.39, 0.29) is 22.8 Å². The Bertz CT molecular complexity index is 856. The van der Waals surface area contributed by atoms with E-state index in [1.165, 1.54) is 31.0 Å². The Morgan fingerprint density at radius 1 is 1.38 bits per heavy atom. The summed E-state index contributed by atoms with van der Waals surface area (Å²) >= 11 is 1.33. The van der Waals surface area contributed by atoms with E-state index in [4.69, 9.17) is 0 Å². The van der Waals surface area contributed by atoms with Gasteiger partial charge in [-0.1, -0.05) is 49.2 Å². The first kappa shape index (κ1) is 18.7. The van der Waals surface area contributed by atoms with Gasteiger partial charge in [0, 0.05) is 12.6 Å². The molecule has 5 nitrogen and oxygen atoms in total. The van der Waals surface area contributed by atoms with E-state index in [1.54, 1.807) is 16.7 Å². The Morgan fingerprint density at radius 2 is 2.12 bits per heavy atom. The summed E-state index contributed by atoms with van der Waals surface area (Å²) in [6, 6.07) is 7.57. The Morgan fingerprint density at radius 3 is 2.85 bits per heavy atom. The topological polar surface area (TPSA) is 64.0 Å². The number of nitrogens with zero attached hydrogens (tertiary/aromatic N) is 2. The fraction of sp³-hybridized carbons (Fsp3) is 0.450. The summed E-state index contributed by atoms with van der Waals surface area (Å²) in [5, 5.41) is 3.97. The molecule has 1 amide bonds. The number of para-hydroxylation sites is 1. The van der Waals surface area contributed by atoms with Crippen molar-refractivity contribution in [3.05, 3.63) is 47.3 Å². The minimum atomic E-state index is -0.318. The highest BCUT2D eigenvalue weighted by molar-refractivity contribution is 8.00. The van der Waals surface area contributed by atoms with Gasteiger partial charge in [-0.15, -0.1) is 6.58 Å². The number of amides is 1. The van der Waals surface area contributed by atoms with Crippen molar-refractivity contribution in [3.8, 4) is 0 Å². The standard InChI is InChI=1S/C20H25N3O2S/c1-3-13-23-19(25)16-11-7-8-12-17(16)22-20(23)26-14(2)18(24)21-15-9-5-4-6-10-15/h3,7-8,11-12,14-15H,1,4-6,9-10,13H2,2H3,(H,21,24). The van der Waals surface area contributed by atoms with Crippen LogP contribution in [-0.4, -0.2) is 26.8 Å². The van der Waals surface area contributed by atoms with Crippen LogP contribution in [0.15, 0.2) is 46.9 Å². The van der Waals surface area contributed by atoms with Crippen molar-refractivity contribution in [3.63, 3.8) is 0 Å².